The average molecular weight is 343 g/mol. The van der Waals surface area contributed by atoms with E-state index in [1.54, 1.807) is 13.8 Å². The lowest BCUT2D eigenvalue weighted by Gasteiger charge is -2.04. The smallest absolute Gasteiger partial charge is 0.358 e. The zero-order valence-electron chi connectivity index (χ0n) is 13.6. The molecule has 1 heterocycles. The summed E-state index contributed by atoms with van der Waals surface area (Å²) in [5.74, 6) is 0.0572. The van der Waals surface area contributed by atoms with E-state index in [-0.39, 0.29) is 12.3 Å². The number of hydrogen-bond acceptors (Lipinski definition) is 6. The number of para-hydroxylation sites is 1. The van der Waals surface area contributed by atoms with Crippen molar-refractivity contribution in [1.82, 2.24) is 15.3 Å². The maximum Gasteiger partial charge on any atom is 0.358 e. The fraction of sp³-hybridized carbons (Fsp3) is 0.250. The Morgan fingerprint density at radius 2 is 2.25 bits per heavy atom. The summed E-state index contributed by atoms with van der Waals surface area (Å²) in [6.45, 7) is 3.80. The Labute approximate surface area is 144 Å². The number of aromatic amines is 1. The molecule has 2 N–H and O–H groups in total. The third-order valence-corrected chi connectivity index (χ3v) is 3.67. The Bertz CT molecular complexity index is 807. The topological polar surface area (TPSA) is 103 Å². The molecule has 1 aromatic carbocycles. The number of esters is 1. The monoisotopic (exact) mass is 343 g/mol. The first-order valence-corrected chi connectivity index (χ1v) is 8.44. The zero-order chi connectivity index (χ0) is 17.5. The highest BCUT2D eigenvalue weighted by Crippen LogP contribution is 2.29. The van der Waals surface area contributed by atoms with Crippen LogP contribution in [0.1, 0.15) is 23.1 Å². The second kappa shape index (κ2) is 8.17. The van der Waals surface area contributed by atoms with E-state index >= 15 is 0 Å². The minimum Gasteiger partial charge on any atom is -0.461 e. The molecule has 0 spiro atoms. The number of carbonyl (C=O) groups excluding carboxylic acids is 1. The van der Waals surface area contributed by atoms with Crippen molar-refractivity contribution in [2.45, 2.75) is 13.8 Å². The maximum absolute atomic E-state index is 11.9. The quantitative estimate of drug-likeness (QED) is 0.291. The van der Waals surface area contributed by atoms with Gasteiger partial charge in [0.25, 0.3) is 0 Å². The number of hydrogen-bond donors (Lipinski definition) is 2. The first kappa shape index (κ1) is 17.6. The molecule has 0 unspecified atom stereocenters. The van der Waals surface area contributed by atoms with Gasteiger partial charge in [-0.25, -0.2) is 14.8 Å². The summed E-state index contributed by atoms with van der Waals surface area (Å²) in [7, 11) is 0. The molecule has 124 valence electrons. The van der Waals surface area contributed by atoms with Crippen molar-refractivity contribution in [1.29, 1.82) is 5.26 Å². The molecule has 0 amide bonds. The average Bonchev–Trinajstić information content (AvgIpc) is 2.97. The van der Waals surface area contributed by atoms with Gasteiger partial charge in [0.05, 0.1) is 12.3 Å². The molecular formula is C16H17N5O2S. The number of nitriles is 1. The Morgan fingerprint density at radius 1 is 1.50 bits per heavy atom. The largest absolute Gasteiger partial charge is 0.461 e. The summed E-state index contributed by atoms with van der Waals surface area (Å²) < 4.78 is 5.00. The third-order valence-electron chi connectivity index (χ3n) is 3.09. The van der Waals surface area contributed by atoms with Crippen LogP contribution in [0.15, 0.2) is 29.3 Å². The number of H-pyrrole nitrogens is 1. The molecule has 0 atom stereocenters. The molecular weight excluding hydrogens is 326 g/mol. The number of imidazole rings is 1. The van der Waals surface area contributed by atoms with Gasteiger partial charge in [-0.3, -0.25) is 5.32 Å². The van der Waals surface area contributed by atoms with Gasteiger partial charge in [-0.05, 0) is 32.2 Å². The Kier molecular flexibility index (Phi) is 5.98. The van der Waals surface area contributed by atoms with E-state index in [0.717, 1.165) is 5.56 Å². The van der Waals surface area contributed by atoms with Gasteiger partial charge in [0.1, 0.15) is 5.82 Å². The second-order valence-electron chi connectivity index (χ2n) is 4.65. The van der Waals surface area contributed by atoms with Gasteiger partial charge in [-0.1, -0.05) is 23.9 Å². The van der Waals surface area contributed by atoms with Crippen molar-refractivity contribution >= 4 is 28.6 Å². The zero-order valence-corrected chi connectivity index (χ0v) is 14.4. The van der Waals surface area contributed by atoms with Gasteiger partial charge in [-0.2, -0.15) is 5.26 Å². The highest BCUT2D eigenvalue weighted by Gasteiger charge is 2.18. The highest BCUT2D eigenvalue weighted by molar-refractivity contribution is 8.13. The van der Waals surface area contributed by atoms with Crippen LogP contribution >= 0.6 is 11.8 Å². The third kappa shape index (κ3) is 3.94. The van der Waals surface area contributed by atoms with Crippen LogP contribution in [0.25, 0.3) is 11.4 Å². The van der Waals surface area contributed by atoms with Gasteiger partial charge < -0.3 is 9.72 Å². The van der Waals surface area contributed by atoms with Crippen LogP contribution in [0.5, 0.6) is 0 Å². The van der Waals surface area contributed by atoms with Gasteiger partial charge in [0.2, 0.25) is 0 Å². The Hall–Kier alpha value is -2.79. The number of aliphatic imine (C=N–C) groups is 1. The molecule has 0 aliphatic rings. The van der Waals surface area contributed by atoms with E-state index in [1.165, 1.54) is 11.8 Å². The van der Waals surface area contributed by atoms with Crippen LogP contribution in [-0.4, -0.2) is 34.0 Å². The summed E-state index contributed by atoms with van der Waals surface area (Å²) in [5, 5.41) is 11.8. The second-order valence-corrected chi connectivity index (χ2v) is 5.45. The predicted octanol–water partition coefficient (Wildman–Crippen LogP) is 2.98. The van der Waals surface area contributed by atoms with Crippen molar-refractivity contribution in [2.75, 3.05) is 12.9 Å². The first-order chi connectivity index (χ1) is 11.6. The fourth-order valence-corrected chi connectivity index (χ4v) is 2.38. The number of nitrogens with zero attached hydrogens (tertiary/aromatic N) is 3. The van der Waals surface area contributed by atoms with E-state index < -0.39 is 5.97 Å². The molecule has 0 bridgehead atoms. The van der Waals surface area contributed by atoms with Crippen molar-refractivity contribution in [3.05, 3.63) is 35.7 Å². The van der Waals surface area contributed by atoms with E-state index in [9.17, 15) is 4.79 Å². The summed E-state index contributed by atoms with van der Waals surface area (Å²) in [5.41, 5.74) is 2.24. The molecule has 2 aromatic rings. The fourth-order valence-electron chi connectivity index (χ4n) is 2.04. The van der Waals surface area contributed by atoms with E-state index in [0.29, 0.717) is 22.4 Å². The molecule has 24 heavy (non-hydrogen) atoms. The minimum absolute atomic E-state index is 0.255. The number of carbonyl (C=O) groups is 1. The lowest BCUT2D eigenvalue weighted by atomic mass is 10.2. The summed E-state index contributed by atoms with van der Waals surface area (Å²) in [6.07, 6.45) is 3.68. The standard InChI is InChI=1S/C16H17N5O2S/c1-4-23-15(22)13-10(2)19-14(21-13)11-7-5-6-8-12(11)20-16(24-3)18-9-17/h5-8H,4H2,1-3H3,(H,18,20)(H,19,21). The number of amidine groups is 1. The van der Waals surface area contributed by atoms with Crippen LogP contribution in [-0.2, 0) is 4.74 Å². The number of thioether (sulfide) groups is 1. The molecule has 0 aliphatic carbocycles. The van der Waals surface area contributed by atoms with Crippen molar-refractivity contribution in [3.63, 3.8) is 0 Å². The molecule has 2 rings (SSSR count). The SMILES string of the molecule is CCOC(=O)c1nc(-c2ccccc2N=C(NC#N)SC)[nH]c1C. The van der Waals surface area contributed by atoms with Crippen molar-refractivity contribution in [2.24, 2.45) is 4.99 Å². The number of ether oxygens (including phenoxy) is 1. The van der Waals surface area contributed by atoms with Gasteiger partial charge >= 0.3 is 5.97 Å². The van der Waals surface area contributed by atoms with E-state index in [1.807, 2.05) is 36.7 Å². The highest BCUT2D eigenvalue weighted by atomic mass is 32.2. The summed E-state index contributed by atoms with van der Waals surface area (Å²) >= 11 is 1.32. The Balaban J connectivity index is 2.46. The molecule has 8 heteroatoms. The minimum atomic E-state index is -0.463. The number of aromatic nitrogens is 2. The van der Waals surface area contributed by atoms with Crippen molar-refractivity contribution < 1.29 is 9.53 Å². The lowest BCUT2D eigenvalue weighted by molar-refractivity contribution is 0.0519. The predicted molar refractivity (Wildman–Crippen MR) is 94.1 cm³/mol. The van der Waals surface area contributed by atoms with Crippen LogP contribution in [0.4, 0.5) is 5.69 Å². The van der Waals surface area contributed by atoms with Crippen LogP contribution in [0, 0.1) is 18.4 Å². The number of aryl methyl sites for hydroxylation is 1. The Morgan fingerprint density at radius 3 is 2.92 bits per heavy atom. The lowest BCUT2D eigenvalue weighted by Crippen LogP contribution is -2.12. The molecule has 0 fully saturated rings. The van der Waals surface area contributed by atoms with Crippen molar-refractivity contribution in [3.8, 4) is 17.6 Å². The number of nitrogens with one attached hydrogen (secondary N) is 2. The van der Waals surface area contributed by atoms with Crippen LogP contribution < -0.4 is 5.32 Å². The van der Waals surface area contributed by atoms with Crippen LogP contribution in [0.3, 0.4) is 0 Å². The van der Waals surface area contributed by atoms with E-state index in [2.05, 4.69) is 20.3 Å². The summed E-state index contributed by atoms with van der Waals surface area (Å²) in [4.78, 5) is 23.8. The molecule has 0 saturated carbocycles. The van der Waals surface area contributed by atoms with Gasteiger partial charge in [0.15, 0.2) is 17.1 Å². The molecule has 1 aromatic heterocycles. The first-order valence-electron chi connectivity index (χ1n) is 7.21. The summed E-state index contributed by atoms with van der Waals surface area (Å²) in [6, 6.07) is 7.35. The maximum atomic E-state index is 11.9. The van der Waals surface area contributed by atoms with E-state index in [4.69, 9.17) is 10.00 Å². The molecule has 0 radical (unpaired) electrons. The number of rotatable bonds is 4. The number of benzene rings is 1. The molecule has 0 aliphatic heterocycles. The normalized spacial score (nSPS) is 11.0. The van der Waals surface area contributed by atoms with Gasteiger partial charge in [0, 0.05) is 11.3 Å². The molecule has 7 nitrogen and oxygen atoms in total. The van der Waals surface area contributed by atoms with Gasteiger partial charge in [-0.15, -0.1) is 0 Å². The molecule has 0 saturated heterocycles. The van der Waals surface area contributed by atoms with Crippen LogP contribution in [0.2, 0.25) is 0 Å².